The third-order valence-electron chi connectivity index (χ3n) is 5.51. The van der Waals surface area contributed by atoms with Crippen molar-refractivity contribution in [1.82, 2.24) is 15.0 Å². The lowest BCUT2D eigenvalue weighted by Crippen LogP contribution is -2.40. The Kier molecular flexibility index (Phi) is 5.14. The molecule has 9 nitrogen and oxygen atoms in total. The van der Waals surface area contributed by atoms with E-state index in [1.54, 1.807) is 36.5 Å². The lowest BCUT2D eigenvalue weighted by atomic mass is 10.2. The SMILES string of the molecule is O=C1CS(=O)(=O)c2ccccc2N1Cc1cn(-c2ccc(N3CCOCC3)c(F)c2)nn1. The molecule has 1 amide bonds. The van der Waals surface area contributed by atoms with E-state index >= 15 is 0 Å². The predicted molar refractivity (Wildman–Crippen MR) is 114 cm³/mol. The fraction of sp³-hybridized carbons (Fsp3) is 0.286. The fourth-order valence-electron chi connectivity index (χ4n) is 3.93. The average molecular weight is 457 g/mol. The van der Waals surface area contributed by atoms with Crippen molar-refractivity contribution < 1.29 is 22.3 Å². The number of hydrogen-bond donors (Lipinski definition) is 0. The van der Waals surface area contributed by atoms with E-state index in [1.165, 1.54) is 21.7 Å². The molecule has 0 atom stereocenters. The van der Waals surface area contributed by atoms with E-state index in [2.05, 4.69) is 10.3 Å². The van der Waals surface area contributed by atoms with Gasteiger partial charge >= 0.3 is 0 Å². The number of anilines is 2. The Morgan fingerprint density at radius 2 is 1.84 bits per heavy atom. The molecule has 0 saturated carbocycles. The van der Waals surface area contributed by atoms with Crippen LogP contribution < -0.4 is 9.80 Å². The van der Waals surface area contributed by atoms with Crippen LogP contribution in [0.2, 0.25) is 0 Å². The number of halogens is 1. The number of morpholine rings is 1. The highest BCUT2D eigenvalue weighted by atomic mass is 32.2. The molecule has 166 valence electrons. The summed E-state index contributed by atoms with van der Waals surface area (Å²) in [5.74, 6) is -1.49. The van der Waals surface area contributed by atoms with Crippen LogP contribution >= 0.6 is 0 Å². The van der Waals surface area contributed by atoms with Crippen LogP contribution in [-0.2, 0) is 25.9 Å². The van der Waals surface area contributed by atoms with Gasteiger partial charge in [-0.2, -0.15) is 0 Å². The zero-order valence-electron chi connectivity index (χ0n) is 17.0. The number of fused-ring (bicyclic) bond motifs is 1. The molecule has 3 heterocycles. The summed E-state index contributed by atoms with van der Waals surface area (Å²) in [5.41, 5.74) is 1.77. The molecule has 3 aromatic rings. The second kappa shape index (κ2) is 7.99. The Hall–Kier alpha value is -3.31. The highest BCUT2D eigenvalue weighted by Gasteiger charge is 2.34. The van der Waals surface area contributed by atoms with E-state index in [1.807, 2.05) is 4.90 Å². The lowest BCUT2D eigenvalue weighted by molar-refractivity contribution is -0.116. The molecular formula is C21H20FN5O4S. The Morgan fingerprint density at radius 3 is 2.62 bits per heavy atom. The van der Waals surface area contributed by atoms with Gasteiger partial charge in [0.15, 0.2) is 9.84 Å². The minimum absolute atomic E-state index is 0.0553. The van der Waals surface area contributed by atoms with E-state index in [9.17, 15) is 17.6 Å². The van der Waals surface area contributed by atoms with Crippen LogP contribution in [0.1, 0.15) is 5.69 Å². The Balaban J connectivity index is 1.39. The number of benzene rings is 2. The average Bonchev–Trinajstić information content (AvgIpc) is 3.26. The number of sulfone groups is 1. The van der Waals surface area contributed by atoms with Crippen molar-refractivity contribution in [2.24, 2.45) is 0 Å². The van der Waals surface area contributed by atoms with Gasteiger partial charge in [-0.15, -0.1) is 5.10 Å². The molecule has 2 aromatic carbocycles. The highest BCUT2D eigenvalue weighted by molar-refractivity contribution is 7.92. The van der Waals surface area contributed by atoms with Gasteiger partial charge < -0.3 is 14.5 Å². The highest BCUT2D eigenvalue weighted by Crippen LogP contribution is 2.32. The number of rotatable bonds is 4. The molecule has 0 N–H and O–H groups in total. The summed E-state index contributed by atoms with van der Waals surface area (Å²) in [5, 5.41) is 8.15. The Bertz CT molecular complexity index is 1290. The molecule has 2 aliphatic heterocycles. The van der Waals surface area contributed by atoms with E-state index in [0.717, 1.165) is 0 Å². The fourth-order valence-corrected chi connectivity index (χ4v) is 5.35. The van der Waals surface area contributed by atoms with Crippen LogP contribution in [0.15, 0.2) is 53.6 Å². The number of nitrogens with zero attached hydrogens (tertiary/aromatic N) is 5. The molecule has 0 spiro atoms. The molecule has 32 heavy (non-hydrogen) atoms. The summed E-state index contributed by atoms with van der Waals surface area (Å²) in [6, 6.07) is 11.2. The van der Waals surface area contributed by atoms with Crippen LogP contribution in [0, 0.1) is 5.82 Å². The first-order chi connectivity index (χ1) is 15.4. The third kappa shape index (κ3) is 3.73. The molecular weight excluding hydrogens is 437 g/mol. The molecule has 0 radical (unpaired) electrons. The maximum atomic E-state index is 14.7. The third-order valence-corrected chi connectivity index (χ3v) is 7.16. The summed E-state index contributed by atoms with van der Waals surface area (Å²) in [6.45, 7) is 2.44. The van der Waals surface area contributed by atoms with E-state index in [0.29, 0.717) is 49.1 Å². The van der Waals surface area contributed by atoms with Crippen LogP contribution in [0.25, 0.3) is 5.69 Å². The van der Waals surface area contributed by atoms with Crippen molar-refractivity contribution in [3.63, 3.8) is 0 Å². The molecule has 2 aliphatic rings. The molecule has 0 bridgehead atoms. The monoisotopic (exact) mass is 457 g/mol. The summed E-state index contributed by atoms with van der Waals surface area (Å²) in [7, 11) is -3.66. The molecule has 5 rings (SSSR count). The second-order valence-corrected chi connectivity index (χ2v) is 9.55. The standard InChI is InChI=1S/C21H20FN5O4S/c22-17-11-16(5-6-18(17)25-7-9-31-10-8-25)27-13-15(23-24-27)12-26-19-3-1-2-4-20(19)32(29,30)14-21(26)28/h1-6,11,13H,7-10,12,14H2. The Labute approximate surface area is 183 Å². The number of amides is 1. The van der Waals surface area contributed by atoms with Gasteiger partial charge in [0.05, 0.1) is 47.9 Å². The van der Waals surface area contributed by atoms with Crippen LogP contribution in [0.3, 0.4) is 0 Å². The van der Waals surface area contributed by atoms with Crippen LogP contribution in [0.5, 0.6) is 0 Å². The second-order valence-electron chi connectivity index (χ2n) is 7.60. The molecule has 1 saturated heterocycles. The summed E-state index contributed by atoms with van der Waals surface area (Å²) in [4.78, 5) is 15.9. The van der Waals surface area contributed by atoms with Gasteiger partial charge in [-0.05, 0) is 24.3 Å². The van der Waals surface area contributed by atoms with Crippen molar-refractivity contribution in [3.05, 3.63) is 60.2 Å². The van der Waals surface area contributed by atoms with Crippen molar-refractivity contribution >= 4 is 27.1 Å². The number of aromatic nitrogens is 3. The minimum Gasteiger partial charge on any atom is -0.378 e. The largest absolute Gasteiger partial charge is 0.378 e. The molecule has 0 unspecified atom stereocenters. The van der Waals surface area contributed by atoms with Crippen molar-refractivity contribution in [3.8, 4) is 5.69 Å². The first kappa shape index (κ1) is 20.6. The van der Waals surface area contributed by atoms with Crippen molar-refractivity contribution in [2.75, 3.05) is 41.9 Å². The summed E-state index contributed by atoms with van der Waals surface area (Å²) < 4.78 is 46.1. The maximum absolute atomic E-state index is 14.7. The quantitative estimate of drug-likeness (QED) is 0.587. The zero-order chi connectivity index (χ0) is 22.3. The summed E-state index contributed by atoms with van der Waals surface area (Å²) in [6.07, 6.45) is 1.60. The number of ether oxygens (including phenoxy) is 1. The molecule has 11 heteroatoms. The number of carbonyl (C=O) groups is 1. The minimum atomic E-state index is -3.66. The van der Waals surface area contributed by atoms with Gasteiger partial charge in [-0.3, -0.25) is 4.79 Å². The van der Waals surface area contributed by atoms with Gasteiger partial charge in [0, 0.05) is 19.2 Å². The molecule has 1 aromatic heterocycles. The number of hydrogen-bond acceptors (Lipinski definition) is 7. The molecule has 0 aliphatic carbocycles. The van der Waals surface area contributed by atoms with Gasteiger partial charge in [0.2, 0.25) is 5.91 Å². The molecule has 1 fully saturated rings. The van der Waals surface area contributed by atoms with Crippen molar-refractivity contribution in [2.45, 2.75) is 11.4 Å². The maximum Gasteiger partial charge on any atom is 0.242 e. The zero-order valence-corrected chi connectivity index (χ0v) is 17.8. The first-order valence-corrected chi connectivity index (χ1v) is 11.7. The van der Waals surface area contributed by atoms with Gasteiger partial charge in [0.1, 0.15) is 17.3 Å². The van der Waals surface area contributed by atoms with Gasteiger partial charge in [-0.1, -0.05) is 17.3 Å². The number of para-hydroxylation sites is 1. The van der Waals surface area contributed by atoms with E-state index in [4.69, 9.17) is 4.74 Å². The lowest BCUT2D eigenvalue weighted by Gasteiger charge is -2.29. The smallest absolute Gasteiger partial charge is 0.242 e. The van der Waals surface area contributed by atoms with Crippen LogP contribution in [-0.4, -0.2) is 61.4 Å². The summed E-state index contributed by atoms with van der Waals surface area (Å²) >= 11 is 0. The topological polar surface area (TPSA) is 97.6 Å². The normalized spacial score (nSPS) is 18.0. The van der Waals surface area contributed by atoms with Gasteiger partial charge in [-0.25, -0.2) is 17.5 Å². The van der Waals surface area contributed by atoms with Gasteiger partial charge in [0.25, 0.3) is 0 Å². The van der Waals surface area contributed by atoms with E-state index in [-0.39, 0.29) is 17.3 Å². The predicted octanol–water partition coefficient (Wildman–Crippen LogP) is 1.56. The van der Waals surface area contributed by atoms with Crippen LogP contribution in [0.4, 0.5) is 15.8 Å². The Morgan fingerprint density at radius 1 is 1.06 bits per heavy atom. The number of carbonyl (C=O) groups excluding carboxylic acids is 1. The van der Waals surface area contributed by atoms with Crippen molar-refractivity contribution in [1.29, 1.82) is 0 Å². The van der Waals surface area contributed by atoms with E-state index < -0.39 is 21.5 Å². The first-order valence-electron chi connectivity index (χ1n) is 10.1.